The Morgan fingerprint density at radius 3 is 2.73 bits per heavy atom. The van der Waals surface area contributed by atoms with Gasteiger partial charge in [0, 0.05) is 5.02 Å². The van der Waals surface area contributed by atoms with Crippen LogP contribution in [0.1, 0.15) is 6.42 Å². The summed E-state index contributed by atoms with van der Waals surface area (Å²) in [5.74, 6) is -1.47. The van der Waals surface area contributed by atoms with E-state index in [0.717, 1.165) is 0 Å². The van der Waals surface area contributed by atoms with Crippen molar-refractivity contribution in [2.45, 2.75) is 6.42 Å². The predicted octanol–water partition coefficient (Wildman–Crippen LogP) is 0.301. The largest absolute Gasteiger partial charge is 0.484 e. The highest BCUT2D eigenvalue weighted by Gasteiger charge is 2.33. The molecule has 0 aromatic heterocycles. The molecule has 1 aliphatic rings. The van der Waals surface area contributed by atoms with E-state index in [0.29, 0.717) is 10.8 Å². The van der Waals surface area contributed by atoms with Gasteiger partial charge in [-0.05, 0) is 24.6 Å². The van der Waals surface area contributed by atoms with Gasteiger partial charge in [-0.3, -0.25) is 20.4 Å². The monoisotopic (exact) mass is 346 g/mol. The number of hydrogen-bond donors (Lipinski definition) is 2. The lowest BCUT2D eigenvalue weighted by Crippen LogP contribution is -2.46. The minimum atomic E-state index is -3.14. The number of nitrogens with one attached hydrogen (secondary N) is 2. The molecule has 120 valence electrons. The molecule has 0 aliphatic carbocycles. The summed E-state index contributed by atoms with van der Waals surface area (Å²) < 4.78 is 27.7. The Balaban J connectivity index is 1.73. The van der Waals surface area contributed by atoms with E-state index in [1.165, 1.54) is 0 Å². The van der Waals surface area contributed by atoms with Crippen molar-refractivity contribution in [2.75, 3.05) is 18.1 Å². The van der Waals surface area contributed by atoms with Crippen LogP contribution in [0.3, 0.4) is 0 Å². The summed E-state index contributed by atoms with van der Waals surface area (Å²) in [6.45, 7) is -0.302. The van der Waals surface area contributed by atoms with Crippen LogP contribution in [0.4, 0.5) is 0 Å². The van der Waals surface area contributed by atoms with E-state index in [-0.39, 0.29) is 24.5 Å². The van der Waals surface area contributed by atoms with Crippen LogP contribution in [-0.4, -0.2) is 38.3 Å². The summed E-state index contributed by atoms with van der Waals surface area (Å²) in [5.41, 5.74) is 4.38. The maximum Gasteiger partial charge on any atom is 0.276 e. The molecule has 1 atom stereocenters. The van der Waals surface area contributed by atoms with E-state index in [4.69, 9.17) is 16.3 Å². The van der Waals surface area contributed by atoms with Crippen LogP contribution in [0.25, 0.3) is 0 Å². The van der Waals surface area contributed by atoms with E-state index in [9.17, 15) is 18.0 Å². The van der Waals surface area contributed by atoms with Gasteiger partial charge < -0.3 is 4.74 Å². The van der Waals surface area contributed by atoms with Crippen LogP contribution in [-0.2, 0) is 19.4 Å². The molecule has 0 bridgehead atoms. The minimum Gasteiger partial charge on any atom is -0.484 e. The average molecular weight is 347 g/mol. The van der Waals surface area contributed by atoms with Gasteiger partial charge in [-0.25, -0.2) is 8.42 Å². The summed E-state index contributed by atoms with van der Waals surface area (Å²) in [6.07, 6.45) is 0.267. The van der Waals surface area contributed by atoms with Gasteiger partial charge in [0.05, 0.1) is 17.4 Å². The van der Waals surface area contributed by atoms with Gasteiger partial charge in [0.25, 0.3) is 5.91 Å². The number of halogens is 1. The molecule has 7 nitrogen and oxygen atoms in total. The van der Waals surface area contributed by atoms with Crippen LogP contribution < -0.4 is 15.6 Å². The number of hydrogen-bond acceptors (Lipinski definition) is 5. The van der Waals surface area contributed by atoms with E-state index < -0.39 is 27.6 Å². The molecule has 9 heteroatoms. The highest BCUT2D eigenvalue weighted by molar-refractivity contribution is 7.91. The topological polar surface area (TPSA) is 102 Å². The summed E-state index contributed by atoms with van der Waals surface area (Å²) in [5, 5.41) is 0.480. The third kappa shape index (κ3) is 4.88. The summed E-state index contributed by atoms with van der Waals surface area (Å²) in [4.78, 5) is 23.3. The predicted molar refractivity (Wildman–Crippen MR) is 80.0 cm³/mol. The Kier molecular flexibility index (Phi) is 5.25. The molecule has 0 unspecified atom stereocenters. The molecular formula is C13H15ClN2O5S. The van der Waals surface area contributed by atoms with Crippen molar-refractivity contribution in [3.63, 3.8) is 0 Å². The number of hydrazine groups is 1. The van der Waals surface area contributed by atoms with Gasteiger partial charge in [0.2, 0.25) is 5.91 Å². The van der Waals surface area contributed by atoms with Crippen molar-refractivity contribution >= 4 is 33.3 Å². The molecule has 1 fully saturated rings. The van der Waals surface area contributed by atoms with Crippen molar-refractivity contribution in [1.82, 2.24) is 10.9 Å². The van der Waals surface area contributed by atoms with Crippen LogP contribution in [0.15, 0.2) is 24.3 Å². The van der Waals surface area contributed by atoms with Gasteiger partial charge in [-0.15, -0.1) is 0 Å². The van der Waals surface area contributed by atoms with Gasteiger partial charge >= 0.3 is 0 Å². The Morgan fingerprint density at radius 1 is 1.32 bits per heavy atom. The Labute approximate surface area is 132 Å². The second-order valence-electron chi connectivity index (χ2n) is 4.88. The fourth-order valence-electron chi connectivity index (χ4n) is 1.98. The summed E-state index contributed by atoms with van der Waals surface area (Å²) in [6, 6.07) is 6.54. The van der Waals surface area contributed by atoms with Crippen molar-refractivity contribution in [3.05, 3.63) is 29.3 Å². The lowest BCUT2D eigenvalue weighted by atomic mass is 10.1. The molecule has 1 aromatic rings. The maximum absolute atomic E-state index is 11.7. The zero-order valence-electron chi connectivity index (χ0n) is 11.5. The standard InChI is InChI=1S/C13H15ClN2O5S/c14-10-2-1-3-11(6-10)21-7-12(17)15-16-13(18)9-4-5-22(19,20)8-9/h1-3,6,9H,4-5,7-8H2,(H,15,17)(H,16,18)/t9-/m0/s1. The highest BCUT2D eigenvalue weighted by atomic mass is 35.5. The summed E-state index contributed by atoms with van der Waals surface area (Å²) in [7, 11) is -3.14. The number of carbonyl (C=O) groups excluding carboxylic acids is 2. The first-order chi connectivity index (χ1) is 10.4. The third-order valence-electron chi connectivity index (χ3n) is 3.09. The molecule has 1 heterocycles. The number of benzene rings is 1. The molecule has 0 spiro atoms. The fourth-order valence-corrected chi connectivity index (χ4v) is 3.90. The second-order valence-corrected chi connectivity index (χ2v) is 7.55. The first kappa shape index (κ1) is 16.6. The zero-order valence-corrected chi connectivity index (χ0v) is 13.1. The first-order valence-corrected chi connectivity index (χ1v) is 8.73. The normalized spacial score (nSPS) is 19.4. The zero-order chi connectivity index (χ0) is 16.2. The Hall–Kier alpha value is -1.80. The lowest BCUT2D eigenvalue weighted by Gasteiger charge is -2.11. The SMILES string of the molecule is O=C(COc1cccc(Cl)c1)NNC(=O)[C@H]1CCS(=O)(=O)C1. The van der Waals surface area contributed by atoms with Gasteiger partial charge in [-0.2, -0.15) is 0 Å². The van der Waals surface area contributed by atoms with Gasteiger partial charge in [0.1, 0.15) is 5.75 Å². The molecule has 0 radical (unpaired) electrons. The Bertz CT molecular complexity index is 677. The van der Waals surface area contributed by atoms with Crippen molar-refractivity contribution < 1.29 is 22.7 Å². The van der Waals surface area contributed by atoms with Gasteiger partial charge in [0.15, 0.2) is 16.4 Å². The van der Waals surface area contributed by atoms with Crippen LogP contribution >= 0.6 is 11.6 Å². The maximum atomic E-state index is 11.7. The minimum absolute atomic E-state index is 0.00306. The average Bonchev–Trinajstić information content (AvgIpc) is 2.83. The van der Waals surface area contributed by atoms with E-state index >= 15 is 0 Å². The Morgan fingerprint density at radius 2 is 2.09 bits per heavy atom. The van der Waals surface area contributed by atoms with Crippen molar-refractivity contribution in [1.29, 1.82) is 0 Å². The quantitative estimate of drug-likeness (QED) is 0.763. The summed E-state index contributed by atoms with van der Waals surface area (Å²) >= 11 is 5.77. The number of rotatable bonds is 4. The number of carbonyl (C=O) groups is 2. The first-order valence-electron chi connectivity index (χ1n) is 6.53. The van der Waals surface area contributed by atoms with E-state index in [1.807, 2.05) is 0 Å². The number of sulfone groups is 1. The van der Waals surface area contributed by atoms with Crippen LogP contribution in [0.2, 0.25) is 5.02 Å². The fraction of sp³-hybridized carbons (Fsp3) is 0.385. The second kappa shape index (κ2) is 6.97. The molecule has 2 rings (SSSR count). The molecular weight excluding hydrogens is 332 g/mol. The number of ether oxygens (including phenoxy) is 1. The van der Waals surface area contributed by atoms with Crippen molar-refractivity contribution in [3.8, 4) is 5.75 Å². The molecule has 2 N–H and O–H groups in total. The van der Waals surface area contributed by atoms with Crippen LogP contribution in [0, 0.1) is 5.92 Å². The number of amides is 2. The lowest BCUT2D eigenvalue weighted by molar-refractivity contribution is -0.131. The molecule has 1 aliphatic heterocycles. The molecule has 0 saturated carbocycles. The highest BCUT2D eigenvalue weighted by Crippen LogP contribution is 2.18. The molecule has 2 amide bonds. The molecule has 1 saturated heterocycles. The smallest absolute Gasteiger partial charge is 0.276 e. The van der Waals surface area contributed by atoms with E-state index in [1.54, 1.807) is 24.3 Å². The van der Waals surface area contributed by atoms with Crippen LogP contribution in [0.5, 0.6) is 5.75 Å². The van der Waals surface area contributed by atoms with Gasteiger partial charge in [-0.1, -0.05) is 17.7 Å². The molecule has 1 aromatic carbocycles. The van der Waals surface area contributed by atoms with E-state index in [2.05, 4.69) is 10.9 Å². The van der Waals surface area contributed by atoms with Crippen molar-refractivity contribution in [2.24, 2.45) is 5.92 Å². The third-order valence-corrected chi connectivity index (χ3v) is 5.10. The molecule has 22 heavy (non-hydrogen) atoms.